The molecule has 0 saturated carbocycles. The van der Waals surface area contributed by atoms with Crippen molar-refractivity contribution in [2.45, 2.75) is 6.42 Å². The lowest BCUT2D eigenvalue weighted by molar-refractivity contribution is -0.385. The fourth-order valence-corrected chi connectivity index (χ4v) is 1.38. The number of carbonyl (C=O) groups excluding carboxylic acids is 1. The number of benzene rings is 1. The van der Waals surface area contributed by atoms with Gasteiger partial charge in [0.25, 0.3) is 0 Å². The minimum absolute atomic E-state index is 0.0728. The summed E-state index contributed by atoms with van der Waals surface area (Å²) in [5.74, 6) is 0.112. The van der Waals surface area contributed by atoms with Gasteiger partial charge >= 0.3 is 5.69 Å². The zero-order valence-corrected chi connectivity index (χ0v) is 10.2. The minimum atomic E-state index is -0.507. The lowest BCUT2D eigenvalue weighted by Crippen LogP contribution is -2.20. The third-order valence-corrected chi connectivity index (χ3v) is 2.34. The highest BCUT2D eigenvalue weighted by Gasteiger charge is 2.14. The molecule has 0 spiro atoms. The van der Waals surface area contributed by atoms with Crippen LogP contribution in [0.3, 0.4) is 0 Å². The van der Waals surface area contributed by atoms with Crippen LogP contribution in [0.15, 0.2) is 18.2 Å². The molecular weight excluding hydrogens is 238 g/mol. The molecule has 0 aromatic heterocycles. The fourth-order valence-electron chi connectivity index (χ4n) is 1.38. The van der Waals surface area contributed by atoms with Gasteiger partial charge in [-0.15, -0.1) is 0 Å². The Bertz CT molecular complexity index is 448. The topological polar surface area (TPSA) is 93.5 Å². The number of anilines is 1. The van der Waals surface area contributed by atoms with Crippen molar-refractivity contribution in [3.05, 3.63) is 28.3 Å². The maximum Gasteiger partial charge on any atom is 0.311 e. The summed E-state index contributed by atoms with van der Waals surface area (Å²) in [7, 11) is 2.94. The Morgan fingerprint density at radius 1 is 1.50 bits per heavy atom. The van der Waals surface area contributed by atoms with Gasteiger partial charge in [0.05, 0.1) is 12.0 Å². The molecule has 7 heteroatoms. The Kier molecular flexibility index (Phi) is 4.91. The first kappa shape index (κ1) is 13.8. The van der Waals surface area contributed by atoms with Crippen LogP contribution in [0.4, 0.5) is 11.4 Å². The molecule has 1 aromatic rings. The Morgan fingerprint density at radius 3 is 2.78 bits per heavy atom. The summed E-state index contributed by atoms with van der Waals surface area (Å²) >= 11 is 0. The van der Waals surface area contributed by atoms with E-state index in [9.17, 15) is 14.9 Å². The molecule has 0 unspecified atom stereocenters. The summed E-state index contributed by atoms with van der Waals surface area (Å²) in [4.78, 5) is 21.2. The second-order valence-electron chi connectivity index (χ2n) is 3.49. The number of hydrogen-bond acceptors (Lipinski definition) is 5. The van der Waals surface area contributed by atoms with Crippen molar-refractivity contribution in [2.24, 2.45) is 0 Å². The van der Waals surface area contributed by atoms with Crippen LogP contribution in [0.25, 0.3) is 0 Å². The molecule has 0 aliphatic rings. The van der Waals surface area contributed by atoms with E-state index in [0.717, 1.165) is 0 Å². The van der Waals surface area contributed by atoms with Gasteiger partial charge in [0, 0.05) is 37.8 Å². The van der Waals surface area contributed by atoms with Crippen molar-refractivity contribution in [3.8, 4) is 5.75 Å². The van der Waals surface area contributed by atoms with Crippen molar-refractivity contribution in [2.75, 3.05) is 26.0 Å². The second kappa shape index (κ2) is 6.43. The van der Waals surface area contributed by atoms with E-state index in [1.165, 1.54) is 19.2 Å². The van der Waals surface area contributed by atoms with Crippen LogP contribution in [0, 0.1) is 10.1 Å². The van der Waals surface area contributed by atoms with Crippen LogP contribution >= 0.6 is 0 Å². The predicted octanol–water partition coefficient (Wildman–Crippen LogP) is 1.15. The molecule has 1 rings (SSSR count). The predicted molar refractivity (Wildman–Crippen MR) is 66.8 cm³/mol. The monoisotopic (exact) mass is 253 g/mol. The van der Waals surface area contributed by atoms with Gasteiger partial charge in [0.2, 0.25) is 5.91 Å². The molecule has 1 amide bonds. The van der Waals surface area contributed by atoms with Crippen LogP contribution in [0.2, 0.25) is 0 Å². The number of nitro benzene ring substituents is 1. The van der Waals surface area contributed by atoms with Gasteiger partial charge in [-0.3, -0.25) is 14.9 Å². The van der Waals surface area contributed by atoms with E-state index in [-0.39, 0.29) is 17.3 Å². The summed E-state index contributed by atoms with van der Waals surface area (Å²) in [6.45, 7) is 0.445. The van der Waals surface area contributed by atoms with Crippen LogP contribution in [-0.2, 0) is 4.79 Å². The molecule has 0 radical (unpaired) electrons. The largest absolute Gasteiger partial charge is 0.490 e. The Hall–Kier alpha value is -2.31. The number of rotatable bonds is 6. The lowest BCUT2D eigenvalue weighted by atomic mass is 10.2. The number of methoxy groups -OCH3 is 1. The summed E-state index contributed by atoms with van der Waals surface area (Å²) in [6.07, 6.45) is 0.329. The second-order valence-corrected chi connectivity index (χ2v) is 3.49. The summed E-state index contributed by atoms with van der Waals surface area (Å²) in [5, 5.41) is 16.2. The van der Waals surface area contributed by atoms with Crippen LogP contribution in [0.1, 0.15) is 6.42 Å². The highest BCUT2D eigenvalue weighted by Crippen LogP contribution is 2.29. The molecule has 0 bridgehead atoms. The van der Waals surface area contributed by atoms with Gasteiger partial charge in [-0.1, -0.05) is 0 Å². The van der Waals surface area contributed by atoms with Crippen molar-refractivity contribution in [3.63, 3.8) is 0 Å². The smallest absolute Gasteiger partial charge is 0.311 e. The molecule has 98 valence electrons. The van der Waals surface area contributed by atoms with Crippen molar-refractivity contribution in [1.29, 1.82) is 0 Å². The van der Waals surface area contributed by atoms with Crippen LogP contribution in [0.5, 0.6) is 5.75 Å². The summed E-state index contributed by atoms with van der Waals surface area (Å²) < 4.78 is 4.93. The number of nitro groups is 1. The molecule has 0 atom stereocenters. The van der Waals surface area contributed by atoms with Crippen molar-refractivity contribution in [1.82, 2.24) is 5.32 Å². The zero-order valence-electron chi connectivity index (χ0n) is 10.2. The van der Waals surface area contributed by atoms with Crippen LogP contribution < -0.4 is 15.4 Å². The molecule has 0 fully saturated rings. The number of nitrogens with one attached hydrogen (secondary N) is 2. The molecular formula is C11H15N3O4. The number of hydrogen-bond donors (Lipinski definition) is 2. The quantitative estimate of drug-likeness (QED) is 0.586. The third kappa shape index (κ3) is 3.62. The average molecular weight is 253 g/mol. The fraction of sp³-hybridized carbons (Fsp3) is 0.364. The minimum Gasteiger partial charge on any atom is -0.490 e. The standard InChI is InChI=1S/C11H15N3O4/c1-12-11(15)5-6-13-8-3-4-9(14(16)17)10(7-8)18-2/h3-4,7,13H,5-6H2,1-2H3,(H,12,15). The van der Waals surface area contributed by atoms with E-state index in [0.29, 0.717) is 18.7 Å². The van der Waals surface area contributed by atoms with Gasteiger partial charge in [-0.2, -0.15) is 0 Å². The first-order chi connectivity index (χ1) is 8.58. The summed E-state index contributed by atoms with van der Waals surface area (Å²) in [6, 6.07) is 4.47. The van der Waals surface area contributed by atoms with Crippen LogP contribution in [-0.4, -0.2) is 31.5 Å². The Balaban J connectivity index is 2.68. The van der Waals surface area contributed by atoms with E-state index >= 15 is 0 Å². The molecule has 0 saturated heterocycles. The molecule has 1 aromatic carbocycles. The average Bonchev–Trinajstić information content (AvgIpc) is 2.37. The Morgan fingerprint density at radius 2 is 2.22 bits per heavy atom. The number of nitrogens with zero attached hydrogens (tertiary/aromatic N) is 1. The third-order valence-electron chi connectivity index (χ3n) is 2.34. The SMILES string of the molecule is CNC(=O)CCNc1ccc([N+](=O)[O-])c(OC)c1. The summed E-state index contributed by atoms with van der Waals surface area (Å²) in [5.41, 5.74) is 0.579. The molecule has 2 N–H and O–H groups in total. The molecule has 18 heavy (non-hydrogen) atoms. The van der Waals surface area contributed by atoms with E-state index in [2.05, 4.69) is 10.6 Å². The maximum atomic E-state index is 11.0. The van der Waals surface area contributed by atoms with Crippen molar-refractivity contribution >= 4 is 17.3 Å². The van der Waals surface area contributed by atoms with Gasteiger partial charge in [0.1, 0.15) is 0 Å². The highest BCUT2D eigenvalue weighted by atomic mass is 16.6. The number of amides is 1. The first-order valence-electron chi connectivity index (χ1n) is 5.35. The number of ether oxygens (including phenoxy) is 1. The maximum absolute atomic E-state index is 11.0. The number of carbonyl (C=O) groups is 1. The van der Waals surface area contributed by atoms with Gasteiger partial charge in [0.15, 0.2) is 5.75 Å². The van der Waals surface area contributed by atoms with E-state index in [1.807, 2.05) is 0 Å². The van der Waals surface area contributed by atoms with E-state index in [4.69, 9.17) is 4.74 Å². The van der Waals surface area contributed by atoms with Gasteiger partial charge in [-0.05, 0) is 6.07 Å². The molecule has 0 aliphatic carbocycles. The van der Waals surface area contributed by atoms with Crippen molar-refractivity contribution < 1.29 is 14.5 Å². The van der Waals surface area contributed by atoms with E-state index < -0.39 is 4.92 Å². The van der Waals surface area contributed by atoms with Gasteiger partial charge < -0.3 is 15.4 Å². The first-order valence-corrected chi connectivity index (χ1v) is 5.35. The zero-order chi connectivity index (χ0) is 13.5. The molecule has 0 aliphatic heterocycles. The Labute approximate surface area is 104 Å². The van der Waals surface area contributed by atoms with Gasteiger partial charge in [-0.25, -0.2) is 0 Å². The lowest BCUT2D eigenvalue weighted by Gasteiger charge is -2.08. The normalized spacial score (nSPS) is 9.67. The molecule has 0 heterocycles. The molecule has 7 nitrogen and oxygen atoms in total. The van der Waals surface area contributed by atoms with E-state index in [1.54, 1.807) is 13.1 Å². The highest BCUT2D eigenvalue weighted by molar-refractivity contribution is 5.76.